The van der Waals surface area contributed by atoms with Gasteiger partial charge in [0.15, 0.2) is 5.96 Å². The molecule has 0 saturated carbocycles. The Kier molecular flexibility index (Phi) is 11.2. The SMILES string of the molecule is CCN(C)Cc1cccc(CNC(=NC)NCC(C)(C)OC)c1.I. The third-order valence-corrected chi connectivity index (χ3v) is 3.90. The van der Waals surface area contributed by atoms with E-state index in [2.05, 4.69) is 58.8 Å². The molecule has 0 aliphatic rings. The van der Waals surface area contributed by atoms with Crippen LogP contribution in [-0.4, -0.2) is 50.8 Å². The van der Waals surface area contributed by atoms with Crippen molar-refractivity contribution in [2.24, 2.45) is 4.99 Å². The Balaban J connectivity index is 0.00000529. The number of nitrogens with one attached hydrogen (secondary N) is 2. The Morgan fingerprint density at radius 1 is 1.25 bits per heavy atom. The third-order valence-electron chi connectivity index (χ3n) is 3.90. The van der Waals surface area contributed by atoms with Gasteiger partial charge in [0, 0.05) is 33.8 Å². The summed E-state index contributed by atoms with van der Waals surface area (Å²) in [7, 11) is 5.63. The average molecular weight is 448 g/mol. The lowest BCUT2D eigenvalue weighted by Gasteiger charge is -2.24. The van der Waals surface area contributed by atoms with E-state index >= 15 is 0 Å². The first-order valence-electron chi connectivity index (χ1n) is 8.16. The van der Waals surface area contributed by atoms with Gasteiger partial charge in [-0.25, -0.2) is 0 Å². The van der Waals surface area contributed by atoms with E-state index in [0.717, 1.165) is 25.6 Å². The molecule has 6 heteroatoms. The van der Waals surface area contributed by atoms with Crippen LogP contribution in [-0.2, 0) is 17.8 Å². The summed E-state index contributed by atoms with van der Waals surface area (Å²) in [4.78, 5) is 6.55. The van der Waals surface area contributed by atoms with E-state index in [1.165, 1.54) is 11.1 Å². The van der Waals surface area contributed by atoms with Crippen LogP contribution in [0.4, 0.5) is 0 Å². The summed E-state index contributed by atoms with van der Waals surface area (Å²) in [5, 5.41) is 6.64. The lowest BCUT2D eigenvalue weighted by molar-refractivity contribution is 0.0268. The van der Waals surface area contributed by atoms with E-state index in [0.29, 0.717) is 6.54 Å². The van der Waals surface area contributed by atoms with E-state index < -0.39 is 0 Å². The number of benzene rings is 1. The Morgan fingerprint density at radius 3 is 2.50 bits per heavy atom. The molecule has 0 aliphatic heterocycles. The van der Waals surface area contributed by atoms with Crippen LogP contribution in [0.5, 0.6) is 0 Å². The summed E-state index contributed by atoms with van der Waals surface area (Å²) >= 11 is 0. The number of guanidine groups is 1. The molecule has 1 rings (SSSR count). The highest BCUT2D eigenvalue weighted by Gasteiger charge is 2.16. The zero-order valence-corrected chi connectivity index (χ0v) is 18.2. The molecule has 0 aromatic heterocycles. The van der Waals surface area contributed by atoms with Crippen LogP contribution in [0.15, 0.2) is 29.3 Å². The number of ether oxygens (including phenoxy) is 1. The molecule has 0 radical (unpaired) electrons. The van der Waals surface area contributed by atoms with Crippen LogP contribution in [0.3, 0.4) is 0 Å². The standard InChI is InChI=1S/C18H32N4O.HI/c1-7-22(5)13-16-10-8-9-15(11-16)12-20-17(19-4)21-14-18(2,3)23-6;/h8-11H,7,12-14H2,1-6H3,(H2,19,20,21);1H. The first kappa shape index (κ1) is 23.1. The lowest BCUT2D eigenvalue weighted by atomic mass is 10.1. The number of nitrogens with zero attached hydrogens (tertiary/aromatic N) is 2. The van der Waals surface area contributed by atoms with Crippen LogP contribution in [0.25, 0.3) is 0 Å². The maximum atomic E-state index is 5.41. The molecule has 0 fully saturated rings. The molecule has 1 aromatic carbocycles. The zero-order valence-electron chi connectivity index (χ0n) is 15.8. The highest BCUT2D eigenvalue weighted by molar-refractivity contribution is 14.0. The van der Waals surface area contributed by atoms with Crippen LogP contribution in [0.2, 0.25) is 0 Å². The summed E-state index contributed by atoms with van der Waals surface area (Å²) in [6.45, 7) is 9.72. The minimum atomic E-state index is -0.220. The van der Waals surface area contributed by atoms with Gasteiger partial charge in [-0.3, -0.25) is 4.99 Å². The largest absolute Gasteiger partial charge is 0.377 e. The monoisotopic (exact) mass is 448 g/mol. The summed E-state index contributed by atoms with van der Waals surface area (Å²) in [6, 6.07) is 8.66. The Labute approximate surface area is 164 Å². The van der Waals surface area contributed by atoms with Crippen LogP contribution >= 0.6 is 24.0 Å². The minimum Gasteiger partial charge on any atom is -0.377 e. The highest BCUT2D eigenvalue weighted by Crippen LogP contribution is 2.08. The van der Waals surface area contributed by atoms with Gasteiger partial charge in [-0.05, 0) is 38.6 Å². The average Bonchev–Trinajstić information content (AvgIpc) is 2.55. The predicted octanol–water partition coefficient (Wildman–Crippen LogP) is 2.85. The summed E-state index contributed by atoms with van der Waals surface area (Å²) < 4.78 is 5.41. The summed E-state index contributed by atoms with van der Waals surface area (Å²) in [5.74, 6) is 0.784. The van der Waals surface area contributed by atoms with Crippen molar-refractivity contribution in [3.8, 4) is 0 Å². The number of halogens is 1. The van der Waals surface area contributed by atoms with Crippen LogP contribution < -0.4 is 10.6 Å². The number of rotatable bonds is 8. The van der Waals surface area contributed by atoms with Crippen molar-refractivity contribution in [1.82, 2.24) is 15.5 Å². The van der Waals surface area contributed by atoms with Gasteiger partial charge in [0.1, 0.15) is 0 Å². The number of hydrogen-bond donors (Lipinski definition) is 2. The molecule has 5 nitrogen and oxygen atoms in total. The van der Waals surface area contributed by atoms with Crippen molar-refractivity contribution in [3.63, 3.8) is 0 Å². The lowest BCUT2D eigenvalue weighted by Crippen LogP contribution is -2.45. The fraction of sp³-hybridized carbons (Fsp3) is 0.611. The molecule has 0 atom stereocenters. The fourth-order valence-corrected chi connectivity index (χ4v) is 2.04. The fourth-order valence-electron chi connectivity index (χ4n) is 2.04. The molecule has 0 spiro atoms. The molecule has 1 aromatic rings. The molecule has 0 amide bonds. The molecule has 2 N–H and O–H groups in total. The number of hydrogen-bond acceptors (Lipinski definition) is 3. The van der Waals surface area contributed by atoms with Crippen molar-refractivity contribution in [2.45, 2.75) is 39.5 Å². The quantitative estimate of drug-likeness (QED) is 0.365. The molecule has 0 unspecified atom stereocenters. The van der Waals surface area contributed by atoms with Crippen LogP contribution in [0.1, 0.15) is 31.9 Å². The van der Waals surface area contributed by atoms with E-state index in [9.17, 15) is 0 Å². The molecule has 0 bridgehead atoms. The van der Waals surface area contributed by atoms with Gasteiger partial charge in [0.05, 0.1) is 5.60 Å². The minimum absolute atomic E-state index is 0. The normalized spacial score (nSPS) is 12.0. The third kappa shape index (κ3) is 8.84. The Morgan fingerprint density at radius 2 is 1.92 bits per heavy atom. The van der Waals surface area contributed by atoms with Gasteiger partial charge in [-0.2, -0.15) is 0 Å². The molecule has 0 heterocycles. The summed E-state index contributed by atoms with van der Waals surface area (Å²) in [5.41, 5.74) is 2.36. The summed E-state index contributed by atoms with van der Waals surface area (Å²) in [6.07, 6.45) is 0. The van der Waals surface area contributed by atoms with Gasteiger partial charge < -0.3 is 20.3 Å². The second-order valence-corrected chi connectivity index (χ2v) is 6.39. The van der Waals surface area contributed by atoms with Crippen molar-refractivity contribution < 1.29 is 4.74 Å². The molecule has 138 valence electrons. The van der Waals surface area contributed by atoms with Gasteiger partial charge in [0.25, 0.3) is 0 Å². The molecular weight excluding hydrogens is 415 g/mol. The molecular formula is C18H33IN4O. The van der Waals surface area contributed by atoms with E-state index in [-0.39, 0.29) is 29.6 Å². The second kappa shape index (κ2) is 11.7. The van der Waals surface area contributed by atoms with E-state index in [1.807, 2.05) is 13.8 Å². The Hall–Kier alpha value is -0.860. The van der Waals surface area contributed by atoms with Gasteiger partial charge in [0.2, 0.25) is 0 Å². The number of aliphatic imine (C=N–C) groups is 1. The number of methoxy groups -OCH3 is 1. The molecule has 0 aliphatic carbocycles. The predicted molar refractivity (Wildman–Crippen MR) is 113 cm³/mol. The van der Waals surface area contributed by atoms with Gasteiger partial charge >= 0.3 is 0 Å². The molecule has 24 heavy (non-hydrogen) atoms. The van der Waals surface area contributed by atoms with Gasteiger partial charge in [-0.1, -0.05) is 31.2 Å². The van der Waals surface area contributed by atoms with Crippen molar-refractivity contribution in [1.29, 1.82) is 0 Å². The first-order chi connectivity index (χ1) is 10.9. The second-order valence-electron chi connectivity index (χ2n) is 6.39. The smallest absolute Gasteiger partial charge is 0.191 e. The van der Waals surface area contributed by atoms with Crippen molar-refractivity contribution in [3.05, 3.63) is 35.4 Å². The molecule has 0 saturated heterocycles. The van der Waals surface area contributed by atoms with Crippen LogP contribution in [0, 0.1) is 0 Å². The topological polar surface area (TPSA) is 48.9 Å². The van der Waals surface area contributed by atoms with Gasteiger partial charge in [-0.15, -0.1) is 24.0 Å². The Bertz CT molecular complexity index is 506. The van der Waals surface area contributed by atoms with E-state index in [4.69, 9.17) is 4.74 Å². The maximum Gasteiger partial charge on any atom is 0.191 e. The first-order valence-corrected chi connectivity index (χ1v) is 8.16. The van der Waals surface area contributed by atoms with Crippen molar-refractivity contribution in [2.75, 3.05) is 34.3 Å². The maximum absolute atomic E-state index is 5.41. The van der Waals surface area contributed by atoms with E-state index in [1.54, 1.807) is 14.2 Å². The highest BCUT2D eigenvalue weighted by atomic mass is 127. The zero-order chi connectivity index (χ0) is 17.3. The van der Waals surface area contributed by atoms with Crippen molar-refractivity contribution >= 4 is 29.9 Å².